The van der Waals surface area contributed by atoms with Crippen molar-refractivity contribution in [3.63, 3.8) is 0 Å². The van der Waals surface area contributed by atoms with Crippen molar-refractivity contribution in [2.45, 2.75) is 45.6 Å². The zero-order valence-corrected chi connectivity index (χ0v) is 13.3. The van der Waals surface area contributed by atoms with E-state index in [2.05, 4.69) is 24.8 Å². The molecule has 0 bridgehead atoms. The smallest absolute Gasteiger partial charge is 0.254 e. The lowest BCUT2D eigenvalue weighted by molar-refractivity contribution is 0.0572. The molecular weight excluding hydrogens is 260 g/mol. The van der Waals surface area contributed by atoms with Crippen LogP contribution in [0.4, 0.5) is 0 Å². The van der Waals surface area contributed by atoms with Gasteiger partial charge in [0, 0.05) is 37.8 Å². The lowest BCUT2D eigenvalue weighted by Crippen LogP contribution is -2.51. The fourth-order valence-electron chi connectivity index (χ4n) is 3.71. The van der Waals surface area contributed by atoms with Crippen molar-refractivity contribution in [3.05, 3.63) is 34.9 Å². The number of nitrogens with zero attached hydrogens (tertiary/aromatic N) is 2. The molecule has 1 saturated heterocycles. The fraction of sp³-hybridized carbons (Fsp3) is 0.611. The fourth-order valence-corrected chi connectivity index (χ4v) is 3.71. The van der Waals surface area contributed by atoms with Crippen LogP contribution < -0.4 is 0 Å². The van der Waals surface area contributed by atoms with Gasteiger partial charge in [0.25, 0.3) is 5.91 Å². The number of hydrogen-bond donors (Lipinski definition) is 0. The minimum absolute atomic E-state index is 0.210. The second-order valence-corrected chi connectivity index (χ2v) is 6.51. The number of amides is 1. The molecule has 1 aromatic carbocycles. The average molecular weight is 286 g/mol. The van der Waals surface area contributed by atoms with E-state index in [0.29, 0.717) is 0 Å². The SMILES string of the molecule is Cc1cccc(C(=O)N2CCN(C3CCCC3)CC2)c1C. The van der Waals surface area contributed by atoms with Crippen LogP contribution in [0.25, 0.3) is 0 Å². The first-order valence-corrected chi connectivity index (χ1v) is 8.26. The number of benzene rings is 1. The highest BCUT2D eigenvalue weighted by Gasteiger charge is 2.28. The summed E-state index contributed by atoms with van der Waals surface area (Å²) in [4.78, 5) is 17.3. The summed E-state index contributed by atoms with van der Waals surface area (Å²) in [6.45, 7) is 7.97. The first-order chi connectivity index (χ1) is 10.2. The van der Waals surface area contributed by atoms with Gasteiger partial charge >= 0.3 is 0 Å². The highest BCUT2D eigenvalue weighted by molar-refractivity contribution is 5.96. The van der Waals surface area contributed by atoms with E-state index in [1.165, 1.54) is 31.2 Å². The molecule has 0 radical (unpaired) electrons. The highest BCUT2D eigenvalue weighted by atomic mass is 16.2. The van der Waals surface area contributed by atoms with E-state index in [1.807, 2.05) is 17.0 Å². The Kier molecular flexibility index (Phi) is 4.29. The third-order valence-corrected chi connectivity index (χ3v) is 5.28. The molecule has 1 aromatic rings. The molecule has 1 amide bonds. The predicted molar refractivity (Wildman–Crippen MR) is 85.6 cm³/mol. The third kappa shape index (κ3) is 2.98. The lowest BCUT2D eigenvalue weighted by Gasteiger charge is -2.38. The maximum Gasteiger partial charge on any atom is 0.254 e. The Morgan fingerprint density at radius 1 is 1.05 bits per heavy atom. The molecule has 0 N–H and O–H groups in total. The third-order valence-electron chi connectivity index (χ3n) is 5.28. The van der Waals surface area contributed by atoms with Gasteiger partial charge in [-0.3, -0.25) is 9.69 Å². The second kappa shape index (κ2) is 6.18. The molecule has 0 unspecified atom stereocenters. The van der Waals surface area contributed by atoms with Crippen LogP contribution in [0.2, 0.25) is 0 Å². The molecule has 1 aliphatic heterocycles. The van der Waals surface area contributed by atoms with E-state index >= 15 is 0 Å². The minimum Gasteiger partial charge on any atom is -0.336 e. The summed E-state index contributed by atoms with van der Waals surface area (Å²) >= 11 is 0. The van der Waals surface area contributed by atoms with Crippen molar-refractivity contribution >= 4 is 5.91 Å². The number of piperazine rings is 1. The summed E-state index contributed by atoms with van der Waals surface area (Å²) in [5.74, 6) is 0.210. The molecule has 3 nitrogen and oxygen atoms in total. The average Bonchev–Trinajstić information content (AvgIpc) is 3.04. The zero-order valence-electron chi connectivity index (χ0n) is 13.3. The maximum absolute atomic E-state index is 12.7. The topological polar surface area (TPSA) is 23.6 Å². The van der Waals surface area contributed by atoms with Crippen molar-refractivity contribution in [2.75, 3.05) is 26.2 Å². The van der Waals surface area contributed by atoms with Crippen LogP contribution in [0.1, 0.15) is 47.2 Å². The highest BCUT2D eigenvalue weighted by Crippen LogP contribution is 2.25. The number of carbonyl (C=O) groups excluding carboxylic acids is 1. The van der Waals surface area contributed by atoms with Gasteiger partial charge in [0.05, 0.1) is 0 Å². The lowest BCUT2D eigenvalue weighted by atomic mass is 10.0. The van der Waals surface area contributed by atoms with E-state index < -0.39 is 0 Å². The normalized spacial score (nSPS) is 21.0. The van der Waals surface area contributed by atoms with Gasteiger partial charge < -0.3 is 4.90 Å². The Bertz CT molecular complexity index is 512. The number of carbonyl (C=O) groups is 1. The van der Waals surface area contributed by atoms with E-state index in [1.54, 1.807) is 0 Å². The van der Waals surface area contributed by atoms with E-state index in [-0.39, 0.29) is 5.91 Å². The molecule has 3 rings (SSSR count). The maximum atomic E-state index is 12.7. The molecular formula is C18H26N2O. The standard InChI is InChI=1S/C18H26N2O/c1-14-6-5-9-17(15(14)2)18(21)20-12-10-19(11-13-20)16-7-3-4-8-16/h5-6,9,16H,3-4,7-8,10-13H2,1-2H3. The Hall–Kier alpha value is -1.35. The van der Waals surface area contributed by atoms with Gasteiger partial charge in [0.2, 0.25) is 0 Å². The van der Waals surface area contributed by atoms with Crippen LogP contribution in [0.3, 0.4) is 0 Å². The summed E-state index contributed by atoms with van der Waals surface area (Å²) < 4.78 is 0. The van der Waals surface area contributed by atoms with Gasteiger partial charge in [-0.15, -0.1) is 0 Å². The summed E-state index contributed by atoms with van der Waals surface area (Å²) in [7, 11) is 0. The molecule has 2 aliphatic rings. The van der Waals surface area contributed by atoms with Gasteiger partial charge in [0.1, 0.15) is 0 Å². The molecule has 1 saturated carbocycles. The van der Waals surface area contributed by atoms with Crippen molar-refractivity contribution < 1.29 is 4.79 Å². The zero-order chi connectivity index (χ0) is 14.8. The Balaban J connectivity index is 1.63. The number of rotatable bonds is 2. The minimum atomic E-state index is 0.210. The summed E-state index contributed by atoms with van der Waals surface area (Å²) in [5.41, 5.74) is 3.20. The summed E-state index contributed by atoms with van der Waals surface area (Å²) in [6, 6.07) is 6.81. The largest absolute Gasteiger partial charge is 0.336 e. The molecule has 0 spiro atoms. The first-order valence-electron chi connectivity index (χ1n) is 8.26. The summed E-state index contributed by atoms with van der Waals surface area (Å²) in [6.07, 6.45) is 5.47. The van der Waals surface area contributed by atoms with Crippen molar-refractivity contribution in [1.29, 1.82) is 0 Å². The van der Waals surface area contributed by atoms with E-state index in [0.717, 1.165) is 43.3 Å². The van der Waals surface area contributed by atoms with E-state index in [4.69, 9.17) is 0 Å². The van der Waals surface area contributed by atoms with Gasteiger partial charge in [-0.2, -0.15) is 0 Å². The van der Waals surface area contributed by atoms with E-state index in [9.17, 15) is 4.79 Å². The Morgan fingerprint density at radius 2 is 1.71 bits per heavy atom. The van der Waals surface area contributed by atoms with Crippen molar-refractivity contribution in [3.8, 4) is 0 Å². The van der Waals surface area contributed by atoms with Crippen LogP contribution in [-0.2, 0) is 0 Å². The second-order valence-electron chi connectivity index (χ2n) is 6.51. The van der Waals surface area contributed by atoms with Gasteiger partial charge in [-0.05, 0) is 43.9 Å². The quantitative estimate of drug-likeness (QED) is 0.834. The molecule has 0 aromatic heterocycles. The van der Waals surface area contributed by atoms with Crippen molar-refractivity contribution in [1.82, 2.24) is 9.80 Å². The molecule has 3 heteroatoms. The molecule has 21 heavy (non-hydrogen) atoms. The Labute approximate surface area is 127 Å². The number of hydrogen-bond acceptors (Lipinski definition) is 2. The van der Waals surface area contributed by atoms with Crippen LogP contribution >= 0.6 is 0 Å². The van der Waals surface area contributed by atoms with Crippen LogP contribution in [0.15, 0.2) is 18.2 Å². The number of aryl methyl sites for hydroxylation is 1. The molecule has 1 heterocycles. The predicted octanol–water partition coefficient (Wildman–Crippen LogP) is 3.00. The van der Waals surface area contributed by atoms with Gasteiger partial charge in [-0.25, -0.2) is 0 Å². The summed E-state index contributed by atoms with van der Waals surface area (Å²) in [5, 5.41) is 0. The van der Waals surface area contributed by atoms with Crippen LogP contribution in [-0.4, -0.2) is 47.9 Å². The van der Waals surface area contributed by atoms with Gasteiger partial charge in [0.15, 0.2) is 0 Å². The molecule has 114 valence electrons. The monoisotopic (exact) mass is 286 g/mol. The van der Waals surface area contributed by atoms with Crippen LogP contribution in [0, 0.1) is 13.8 Å². The van der Waals surface area contributed by atoms with Crippen LogP contribution in [0.5, 0.6) is 0 Å². The molecule has 1 aliphatic carbocycles. The van der Waals surface area contributed by atoms with Gasteiger partial charge in [-0.1, -0.05) is 25.0 Å². The van der Waals surface area contributed by atoms with Crippen molar-refractivity contribution in [2.24, 2.45) is 0 Å². The molecule has 2 fully saturated rings. The molecule has 0 atom stereocenters. The first kappa shape index (κ1) is 14.6. The Morgan fingerprint density at radius 3 is 2.38 bits per heavy atom.